The van der Waals surface area contributed by atoms with Crippen LogP contribution in [0.1, 0.15) is 11.4 Å². The number of hydrogen-bond acceptors (Lipinski definition) is 4. The molecule has 2 heterocycles. The first kappa shape index (κ1) is 19.6. The molecule has 7 heteroatoms. The summed E-state index contributed by atoms with van der Waals surface area (Å²) in [4.78, 5) is 28.2. The number of imidazole rings is 1. The van der Waals surface area contributed by atoms with Crippen LogP contribution in [0.5, 0.6) is 0 Å². The molecule has 1 aliphatic heterocycles. The van der Waals surface area contributed by atoms with Crippen molar-refractivity contribution >= 4 is 57.2 Å². The summed E-state index contributed by atoms with van der Waals surface area (Å²) in [5, 5.41) is 1.28. The van der Waals surface area contributed by atoms with Gasteiger partial charge < -0.3 is 4.98 Å². The van der Waals surface area contributed by atoms with Gasteiger partial charge in [-0.2, -0.15) is 0 Å². The van der Waals surface area contributed by atoms with Gasteiger partial charge in [0, 0.05) is 5.02 Å². The van der Waals surface area contributed by atoms with Crippen LogP contribution in [0.15, 0.2) is 88.8 Å². The number of fused-ring (bicyclic) bond motifs is 1. The number of aliphatic imine (C=N–C) groups is 1. The molecule has 5 rings (SSSR count). The van der Waals surface area contributed by atoms with E-state index in [9.17, 15) is 4.79 Å². The summed E-state index contributed by atoms with van der Waals surface area (Å²) in [6, 6.07) is 24.8. The molecule has 0 spiro atoms. The number of aromatic amines is 1. The Balaban J connectivity index is 1.51. The van der Waals surface area contributed by atoms with Crippen molar-refractivity contribution in [1.29, 1.82) is 0 Å². The van der Waals surface area contributed by atoms with E-state index in [4.69, 9.17) is 16.6 Å². The SMILES string of the molecule is O=C1/C(=C\c2ccc(Cl)cc2)SC(=Nc2ccccc2)N1Cc1nc2ccccc2[nH]1. The van der Waals surface area contributed by atoms with Crippen molar-refractivity contribution < 1.29 is 4.79 Å². The van der Waals surface area contributed by atoms with Crippen molar-refractivity contribution in [2.45, 2.75) is 6.54 Å². The maximum Gasteiger partial charge on any atom is 0.267 e. The van der Waals surface area contributed by atoms with Crippen LogP contribution >= 0.6 is 23.4 Å². The first-order valence-electron chi connectivity index (χ1n) is 9.70. The number of hydrogen-bond donors (Lipinski definition) is 1. The highest BCUT2D eigenvalue weighted by Gasteiger charge is 2.34. The monoisotopic (exact) mass is 444 g/mol. The quantitative estimate of drug-likeness (QED) is 0.391. The van der Waals surface area contributed by atoms with Crippen molar-refractivity contribution in [3.8, 4) is 0 Å². The summed E-state index contributed by atoms with van der Waals surface area (Å²) < 4.78 is 0. The Hall–Kier alpha value is -3.35. The maximum atomic E-state index is 13.3. The summed E-state index contributed by atoms with van der Waals surface area (Å²) in [6.07, 6.45) is 1.86. The summed E-state index contributed by atoms with van der Waals surface area (Å²) in [7, 11) is 0. The van der Waals surface area contributed by atoms with E-state index in [1.165, 1.54) is 11.8 Å². The van der Waals surface area contributed by atoms with E-state index in [0.717, 1.165) is 22.3 Å². The normalized spacial score (nSPS) is 16.7. The van der Waals surface area contributed by atoms with Gasteiger partial charge in [-0.3, -0.25) is 9.69 Å². The Kier molecular flexibility index (Phi) is 5.32. The molecule has 0 bridgehead atoms. The number of carbonyl (C=O) groups is 1. The van der Waals surface area contributed by atoms with Crippen molar-refractivity contribution in [1.82, 2.24) is 14.9 Å². The third kappa shape index (κ3) is 4.26. The van der Waals surface area contributed by atoms with Crippen LogP contribution < -0.4 is 0 Å². The molecule has 1 amide bonds. The molecule has 31 heavy (non-hydrogen) atoms. The minimum atomic E-state index is -0.102. The zero-order chi connectivity index (χ0) is 21.2. The van der Waals surface area contributed by atoms with Gasteiger partial charge in [-0.1, -0.05) is 54.1 Å². The number of nitrogens with zero attached hydrogens (tertiary/aromatic N) is 3. The van der Waals surface area contributed by atoms with Crippen LogP contribution in [0.2, 0.25) is 5.02 Å². The first-order valence-corrected chi connectivity index (χ1v) is 10.9. The lowest BCUT2D eigenvalue weighted by atomic mass is 10.2. The highest BCUT2D eigenvalue weighted by Crippen LogP contribution is 2.35. The molecule has 4 aromatic rings. The van der Waals surface area contributed by atoms with Gasteiger partial charge in [-0.25, -0.2) is 9.98 Å². The highest BCUT2D eigenvalue weighted by molar-refractivity contribution is 8.18. The molecule has 1 fully saturated rings. The number of thioether (sulfide) groups is 1. The highest BCUT2D eigenvalue weighted by atomic mass is 35.5. The Morgan fingerprint density at radius 1 is 1.00 bits per heavy atom. The first-order chi connectivity index (χ1) is 15.2. The number of carbonyl (C=O) groups excluding carboxylic acids is 1. The van der Waals surface area contributed by atoms with Crippen LogP contribution in [-0.2, 0) is 11.3 Å². The average molecular weight is 445 g/mol. The number of halogens is 1. The number of amidine groups is 1. The number of rotatable bonds is 4. The molecule has 0 unspecified atom stereocenters. The molecule has 152 valence electrons. The molecule has 5 nitrogen and oxygen atoms in total. The molecule has 1 N–H and O–H groups in total. The van der Waals surface area contributed by atoms with Gasteiger partial charge in [-0.15, -0.1) is 0 Å². The molecule has 0 atom stereocenters. The maximum absolute atomic E-state index is 13.3. The molecule has 0 saturated carbocycles. The zero-order valence-electron chi connectivity index (χ0n) is 16.3. The van der Waals surface area contributed by atoms with Gasteiger partial charge in [0.05, 0.1) is 28.2 Å². The van der Waals surface area contributed by atoms with E-state index in [1.54, 1.807) is 4.90 Å². The lowest BCUT2D eigenvalue weighted by Gasteiger charge is -2.13. The van der Waals surface area contributed by atoms with Crippen LogP contribution in [0.25, 0.3) is 17.1 Å². The van der Waals surface area contributed by atoms with E-state index in [2.05, 4.69) is 9.97 Å². The molecular weight excluding hydrogens is 428 g/mol. The zero-order valence-corrected chi connectivity index (χ0v) is 17.9. The molecule has 3 aromatic carbocycles. The second-order valence-electron chi connectivity index (χ2n) is 6.98. The fraction of sp³-hybridized carbons (Fsp3) is 0.0417. The molecular formula is C24H17ClN4OS. The van der Waals surface area contributed by atoms with Crippen molar-refractivity contribution in [3.05, 3.63) is 100 Å². The van der Waals surface area contributed by atoms with E-state index in [0.29, 0.717) is 27.5 Å². The fourth-order valence-electron chi connectivity index (χ4n) is 3.28. The lowest BCUT2D eigenvalue weighted by Crippen LogP contribution is -2.29. The molecule has 1 aromatic heterocycles. The number of nitrogens with one attached hydrogen (secondary N) is 1. The van der Waals surface area contributed by atoms with Gasteiger partial charge in [0.2, 0.25) is 0 Å². The van der Waals surface area contributed by atoms with Crippen LogP contribution in [0, 0.1) is 0 Å². The predicted octanol–water partition coefficient (Wildman–Crippen LogP) is 6.02. The van der Waals surface area contributed by atoms with Crippen molar-refractivity contribution in [2.24, 2.45) is 4.99 Å². The molecule has 0 aliphatic carbocycles. The molecule has 1 aliphatic rings. The standard InChI is InChI=1S/C24H17ClN4OS/c25-17-12-10-16(11-13-17)14-21-23(30)29(24(31-21)26-18-6-2-1-3-7-18)15-22-27-19-8-4-5-9-20(19)28-22/h1-14H,15H2,(H,27,28)/b21-14+,26-24?. The van der Waals surface area contributed by atoms with Crippen LogP contribution in [0.3, 0.4) is 0 Å². The number of amides is 1. The van der Waals surface area contributed by atoms with E-state index in [1.807, 2.05) is 84.9 Å². The van der Waals surface area contributed by atoms with Crippen LogP contribution in [-0.4, -0.2) is 25.9 Å². The lowest BCUT2D eigenvalue weighted by molar-refractivity contribution is -0.122. The van der Waals surface area contributed by atoms with Crippen molar-refractivity contribution in [2.75, 3.05) is 0 Å². The second-order valence-corrected chi connectivity index (χ2v) is 8.43. The topological polar surface area (TPSA) is 61.4 Å². The number of H-pyrrole nitrogens is 1. The Bertz CT molecular complexity index is 1280. The minimum absolute atomic E-state index is 0.102. The summed E-state index contributed by atoms with van der Waals surface area (Å²) in [6.45, 7) is 0.310. The molecule has 0 radical (unpaired) electrons. The predicted molar refractivity (Wildman–Crippen MR) is 127 cm³/mol. The van der Waals surface area contributed by atoms with Crippen molar-refractivity contribution in [3.63, 3.8) is 0 Å². The van der Waals surface area contributed by atoms with Gasteiger partial charge >= 0.3 is 0 Å². The van der Waals surface area contributed by atoms with Crippen LogP contribution in [0.4, 0.5) is 5.69 Å². The van der Waals surface area contributed by atoms with E-state index < -0.39 is 0 Å². The fourth-order valence-corrected chi connectivity index (χ4v) is 4.41. The van der Waals surface area contributed by atoms with Gasteiger partial charge in [0.25, 0.3) is 5.91 Å². The summed E-state index contributed by atoms with van der Waals surface area (Å²) >= 11 is 7.35. The second kappa shape index (κ2) is 8.41. The Labute approximate surface area is 188 Å². The number of para-hydroxylation sites is 3. The van der Waals surface area contributed by atoms with E-state index >= 15 is 0 Å². The third-order valence-corrected chi connectivity index (χ3v) is 6.04. The van der Waals surface area contributed by atoms with Gasteiger partial charge in [-0.05, 0) is 59.8 Å². The summed E-state index contributed by atoms with van der Waals surface area (Å²) in [5.74, 6) is 0.610. The van der Waals surface area contributed by atoms with E-state index in [-0.39, 0.29) is 5.91 Å². The average Bonchev–Trinajstić information content (AvgIpc) is 3.32. The number of benzene rings is 3. The smallest absolute Gasteiger partial charge is 0.267 e. The molecule has 1 saturated heterocycles. The number of aromatic nitrogens is 2. The Morgan fingerprint density at radius 2 is 1.74 bits per heavy atom. The third-order valence-electron chi connectivity index (χ3n) is 4.78. The van der Waals surface area contributed by atoms with Gasteiger partial charge in [0.1, 0.15) is 5.82 Å². The van der Waals surface area contributed by atoms with Gasteiger partial charge in [0.15, 0.2) is 5.17 Å². The summed E-state index contributed by atoms with van der Waals surface area (Å²) in [5.41, 5.74) is 3.51. The largest absolute Gasteiger partial charge is 0.340 e. The Morgan fingerprint density at radius 3 is 2.52 bits per heavy atom. The minimum Gasteiger partial charge on any atom is -0.340 e.